The van der Waals surface area contributed by atoms with Gasteiger partial charge in [-0.1, -0.05) is 48.6 Å². The van der Waals surface area contributed by atoms with Crippen LogP contribution in [0.5, 0.6) is 5.75 Å². The molecule has 1 aliphatic heterocycles. The van der Waals surface area contributed by atoms with Gasteiger partial charge in [0.1, 0.15) is 11.9 Å². The Kier molecular flexibility index (Phi) is 7.26. The third-order valence-corrected chi connectivity index (χ3v) is 4.43. The highest BCUT2D eigenvalue weighted by Crippen LogP contribution is 2.23. The molecule has 0 N–H and O–H groups in total. The molecule has 21 heavy (non-hydrogen) atoms. The molecule has 1 fully saturated rings. The van der Waals surface area contributed by atoms with Gasteiger partial charge in [-0.2, -0.15) is 0 Å². The number of likely N-dealkylation sites (tertiary alicyclic amines) is 1. The van der Waals surface area contributed by atoms with Gasteiger partial charge >= 0.3 is 0 Å². The van der Waals surface area contributed by atoms with Crippen LogP contribution in [0.25, 0.3) is 0 Å². The molecule has 0 amide bonds. The van der Waals surface area contributed by atoms with Crippen LogP contribution in [0.15, 0.2) is 24.3 Å². The summed E-state index contributed by atoms with van der Waals surface area (Å²) in [5.74, 6) is 1.57. The van der Waals surface area contributed by atoms with Crippen molar-refractivity contribution in [1.82, 2.24) is 4.90 Å². The molecule has 1 aliphatic rings. The molecule has 3 nitrogen and oxygen atoms in total. The van der Waals surface area contributed by atoms with E-state index in [1.54, 1.807) is 0 Å². The molecule has 0 bridgehead atoms. The normalized spacial score (nSPS) is 17.3. The molecule has 0 aliphatic carbocycles. The summed E-state index contributed by atoms with van der Waals surface area (Å²) in [6.45, 7) is 8.53. The SMILES string of the molecule is CC(C)c1cccc(OC2CCN(CCOCI)CC2)c1. The van der Waals surface area contributed by atoms with E-state index in [0.717, 1.165) is 49.4 Å². The Morgan fingerprint density at radius 3 is 2.71 bits per heavy atom. The molecule has 4 heteroatoms. The number of ether oxygens (including phenoxy) is 2. The quantitative estimate of drug-likeness (QED) is 0.389. The molecule has 1 heterocycles. The van der Waals surface area contributed by atoms with Gasteiger partial charge in [-0.3, -0.25) is 0 Å². The molecule has 0 unspecified atom stereocenters. The third kappa shape index (κ3) is 5.75. The number of halogens is 1. The number of alkyl halides is 1. The second-order valence-electron chi connectivity index (χ2n) is 5.90. The average molecular weight is 403 g/mol. The van der Waals surface area contributed by atoms with Crippen LogP contribution in [0.2, 0.25) is 0 Å². The molecule has 0 atom stereocenters. The summed E-state index contributed by atoms with van der Waals surface area (Å²) in [6, 6.07) is 8.53. The summed E-state index contributed by atoms with van der Waals surface area (Å²) >= 11 is 2.24. The first-order valence-electron chi connectivity index (χ1n) is 7.81. The van der Waals surface area contributed by atoms with Crippen LogP contribution < -0.4 is 4.74 Å². The maximum Gasteiger partial charge on any atom is 0.120 e. The highest BCUT2D eigenvalue weighted by atomic mass is 127. The van der Waals surface area contributed by atoms with Gasteiger partial charge in [0.25, 0.3) is 0 Å². The van der Waals surface area contributed by atoms with Crippen LogP contribution in [-0.2, 0) is 4.74 Å². The molecule has 0 radical (unpaired) electrons. The van der Waals surface area contributed by atoms with Crippen molar-refractivity contribution in [3.63, 3.8) is 0 Å². The van der Waals surface area contributed by atoms with Crippen molar-refractivity contribution in [3.05, 3.63) is 29.8 Å². The summed E-state index contributed by atoms with van der Waals surface area (Å²) in [7, 11) is 0. The van der Waals surface area contributed by atoms with E-state index in [9.17, 15) is 0 Å². The number of hydrogen-bond donors (Lipinski definition) is 0. The smallest absolute Gasteiger partial charge is 0.120 e. The Morgan fingerprint density at radius 2 is 2.05 bits per heavy atom. The topological polar surface area (TPSA) is 21.7 Å². The Balaban J connectivity index is 1.77. The predicted molar refractivity (Wildman–Crippen MR) is 95.5 cm³/mol. The lowest BCUT2D eigenvalue weighted by molar-refractivity contribution is 0.0784. The standard InChI is InChI=1S/C17H26INO2/c1-14(2)15-4-3-5-17(12-15)21-16-6-8-19(9-7-16)10-11-20-13-18/h3-5,12,14,16H,6-11,13H2,1-2H3. The average Bonchev–Trinajstić information content (AvgIpc) is 2.49. The number of nitrogens with zero attached hydrogens (tertiary/aromatic N) is 1. The van der Waals surface area contributed by atoms with E-state index in [-0.39, 0.29) is 0 Å². The van der Waals surface area contributed by atoms with Gasteiger partial charge in [0, 0.05) is 19.6 Å². The molecule has 2 rings (SSSR count). The number of piperidine rings is 1. The molecular weight excluding hydrogens is 377 g/mol. The Labute approximate surface area is 142 Å². The molecule has 0 spiro atoms. The summed E-state index contributed by atoms with van der Waals surface area (Å²) < 4.78 is 12.4. The minimum absolute atomic E-state index is 0.356. The zero-order chi connectivity index (χ0) is 15.1. The predicted octanol–water partition coefficient (Wildman–Crippen LogP) is 4.06. The van der Waals surface area contributed by atoms with E-state index in [1.165, 1.54) is 5.56 Å². The first kappa shape index (κ1) is 17.0. The van der Waals surface area contributed by atoms with Gasteiger partial charge < -0.3 is 14.4 Å². The number of rotatable bonds is 7. The van der Waals surface area contributed by atoms with Crippen LogP contribution in [0.3, 0.4) is 0 Å². The molecular formula is C17H26INO2. The Hall–Kier alpha value is -0.330. The van der Waals surface area contributed by atoms with E-state index >= 15 is 0 Å². The van der Waals surface area contributed by atoms with E-state index in [4.69, 9.17) is 9.47 Å². The van der Waals surface area contributed by atoms with Crippen LogP contribution in [0.1, 0.15) is 38.2 Å². The summed E-state index contributed by atoms with van der Waals surface area (Å²) in [4.78, 5) is 2.47. The van der Waals surface area contributed by atoms with E-state index in [0.29, 0.717) is 12.0 Å². The van der Waals surface area contributed by atoms with Crippen LogP contribution in [0.4, 0.5) is 0 Å². The first-order chi connectivity index (χ1) is 10.2. The van der Waals surface area contributed by atoms with Gasteiger partial charge in [-0.25, -0.2) is 0 Å². The second kappa shape index (κ2) is 8.96. The van der Waals surface area contributed by atoms with Crippen LogP contribution in [-0.4, -0.2) is 41.9 Å². The highest BCUT2D eigenvalue weighted by molar-refractivity contribution is 14.1. The van der Waals surface area contributed by atoms with Crippen molar-refractivity contribution in [2.75, 3.05) is 30.9 Å². The van der Waals surface area contributed by atoms with Gasteiger partial charge in [-0.15, -0.1) is 0 Å². The summed E-state index contributed by atoms with van der Waals surface area (Å²) in [5, 5.41) is 0. The molecule has 1 aromatic carbocycles. The lowest BCUT2D eigenvalue weighted by atomic mass is 10.0. The van der Waals surface area contributed by atoms with Gasteiger partial charge in [-0.05, 0) is 36.5 Å². The fraction of sp³-hybridized carbons (Fsp3) is 0.647. The van der Waals surface area contributed by atoms with Crippen molar-refractivity contribution < 1.29 is 9.47 Å². The fourth-order valence-corrected chi connectivity index (χ4v) is 2.95. The highest BCUT2D eigenvalue weighted by Gasteiger charge is 2.20. The second-order valence-corrected chi connectivity index (χ2v) is 6.53. The molecule has 0 saturated carbocycles. The van der Waals surface area contributed by atoms with Crippen molar-refractivity contribution in [3.8, 4) is 5.75 Å². The summed E-state index contributed by atoms with van der Waals surface area (Å²) in [5.41, 5.74) is 1.35. The monoisotopic (exact) mass is 403 g/mol. The lowest BCUT2D eigenvalue weighted by Gasteiger charge is -2.32. The molecule has 118 valence electrons. The van der Waals surface area contributed by atoms with Crippen molar-refractivity contribution in [2.45, 2.75) is 38.7 Å². The summed E-state index contributed by atoms with van der Waals surface area (Å²) in [6.07, 6.45) is 2.57. The molecule has 0 aromatic heterocycles. The van der Waals surface area contributed by atoms with Crippen molar-refractivity contribution in [1.29, 1.82) is 0 Å². The van der Waals surface area contributed by atoms with Gasteiger partial charge in [0.2, 0.25) is 0 Å². The van der Waals surface area contributed by atoms with E-state index < -0.39 is 0 Å². The maximum atomic E-state index is 6.16. The van der Waals surface area contributed by atoms with Crippen LogP contribution >= 0.6 is 22.6 Å². The van der Waals surface area contributed by atoms with Gasteiger partial charge in [0.05, 0.1) is 11.2 Å². The Morgan fingerprint density at radius 1 is 1.29 bits per heavy atom. The lowest BCUT2D eigenvalue weighted by Crippen LogP contribution is -2.39. The molecule has 1 aromatic rings. The van der Waals surface area contributed by atoms with E-state index in [1.807, 2.05) is 0 Å². The van der Waals surface area contributed by atoms with E-state index in [2.05, 4.69) is 65.6 Å². The Bertz CT molecular complexity index is 417. The zero-order valence-corrected chi connectivity index (χ0v) is 15.2. The minimum atomic E-state index is 0.356. The number of benzene rings is 1. The minimum Gasteiger partial charge on any atom is -0.490 e. The van der Waals surface area contributed by atoms with Crippen LogP contribution in [0, 0.1) is 0 Å². The first-order valence-corrected chi connectivity index (χ1v) is 9.34. The maximum absolute atomic E-state index is 6.16. The van der Waals surface area contributed by atoms with Crippen molar-refractivity contribution >= 4 is 22.6 Å². The number of hydrogen-bond acceptors (Lipinski definition) is 3. The largest absolute Gasteiger partial charge is 0.490 e. The fourth-order valence-electron chi connectivity index (χ4n) is 2.64. The molecule has 1 saturated heterocycles. The zero-order valence-electron chi connectivity index (χ0n) is 13.1. The van der Waals surface area contributed by atoms with Crippen molar-refractivity contribution in [2.24, 2.45) is 0 Å². The van der Waals surface area contributed by atoms with Gasteiger partial charge in [0.15, 0.2) is 0 Å². The third-order valence-electron chi connectivity index (χ3n) is 3.99.